The Hall–Kier alpha value is -3.19. The van der Waals surface area contributed by atoms with Crippen LogP contribution in [0.4, 0.5) is 0 Å². The highest BCUT2D eigenvalue weighted by atomic mass is 35.5. The highest BCUT2D eigenvalue weighted by molar-refractivity contribution is 6.32. The van der Waals surface area contributed by atoms with Gasteiger partial charge in [-0.1, -0.05) is 29.8 Å². The fourth-order valence-electron chi connectivity index (χ4n) is 2.86. The fraction of sp³-hybridized carbons (Fsp3) is 0.238. The van der Waals surface area contributed by atoms with Crippen molar-refractivity contribution >= 4 is 34.5 Å². The van der Waals surface area contributed by atoms with Crippen LogP contribution in [0, 0.1) is 0 Å². The van der Waals surface area contributed by atoms with Crippen LogP contribution in [0.1, 0.15) is 33.4 Å². The second-order valence-corrected chi connectivity index (χ2v) is 6.30. The molecule has 0 atom stereocenters. The third-order valence-corrected chi connectivity index (χ3v) is 4.46. The number of hydrogen-bond acceptors (Lipinski definition) is 7. The number of furan rings is 1. The third kappa shape index (κ3) is 4.14. The van der Waals surface area contributed by atoms with Crippen molar-refractivity contribution < 1.29 is 33.0 Å². The molecule has 0 saturated carbocycles. The molecule has 0 radical (unpaired) electrons. The summed E-state index contributed by atoms with van der Waals surface area (Å²) in [6.45, 7) is 1.70. The quantitative estimate of drug-likeness (QED) is 0.517. The maximum absolute atomic E-state index is 12.6. The zero-order chi connectivity index (χ0) is 21.0. The second kappa shape index (κ2) is 8.87. The molecular weight excluding hydrogens is 400 g/mol. The Kier molecular flexibility index (Phi) is 6.29. The van der Waals surface area contributed by atoms with Crippen LogP contribution in [0.5, 0.6) is 11.5 Å². The molecule has 152 valence electrons. The van der Waals surface area contributed by atoms with Crippen LogP contribution < -0.4 is 9.47 Å². The SMILES string of the molecule is CCOC(=O)c1oc2ccccc2c1COC(=O)c1cc(Cl)c(OC)c(OC)c1. The summed E-state index contributed by atoms with van der Waals surface area (Å²) in [5, 5.41) is 0.869. The Labute approximate surface area is 172 Å². The minimum atomic E-state index is -0.645. The van der Waals surface area contributed by atoms with Crippen molar-refractivity contribution in [2.75, 3.05) is 20.8 Å². The molecule has 3 aromatic rings. The van der Waals surface area contributed by atoms with Crippen LogP contribution >= 0.6 is 11.6 Å². The minimum Gasteiger partial charge on any atom is -0.493 e. The van der Waals surface area contributed by atoms with Gasteiger partial charge in [0, 0.05) is 5.39 Å². The van der Waals surface area contributed by atoms with Gasteiger partial charge in [0.1, 0.15) is 12.2 Å². The first-order valence-corrected chi connectivity index (χ1v) is 9.14. The van der Waals surface area contributed by atoms with Gasteiger partial charge in [-0.3, -0.25) is 0 Å². The molecule has 1 heterocycles. The Morgan fingerprint density at radius 1 is 1.03 bits per heavy atom. The highest BCUT2D eigenvalue weighted by Gasteiger charge is 2.23. The Morgan fingerprint density at radius 2 is 1.79 bits per heavy atom. The van der Waals surface area contributed by atoms with Gasteiger partial charge in [-0.05, 0) is 25.1 Å². The number of ether oxygens (including phenoxy) is 4. The monoisotopic (exact) mass is 418 g/mol. The molecule has 0 aliphatic heterocycles. The number of rotatable bonds is 7. The minimum absolute atomic E-state index is 0.00574. The van der Waals surface area contributed by atoms with E-state index < -0.39 is 11.9 Å². The number of halogens is 1. The molecule has 1 aromatic heterocycles. The number of carbonyl (C=O) groups is 2. The number of carbonyl (C=O) groups excluding carboxylic acids is 2. The van der Waals surface area contributed by atoms with E-state index in [1.54, 1.807) is 31.2 Å². The normalized spacial score (nSPS) is 10.6. The van der Waals surface area contributed by atoms with Crippen LogP contribution in [0.2, 0.25) is 5.02 Å². The number of esters is 2. The number of fused-ring (bicyclic) bond motifs is 1. The maximum atomic E-state index is 12.6. The molecule has 8 heteroatoms. The molecule has 0 aliphatic carbocycles. The summed E-state index contributed by atoms with van der Waals surface area (Å²) in [5.74, 6) is -0.646. The van der Waals surface area contributed by atoms with Crippen LogP contribution in [-0.4, -0.2) is 32.8 Å². The van der Waals surface area contributed by atoms with E-state index in [4.69, 9.17) is 35.0 Å². The molecule has 0 aliphatic rings. The highest BCUT2D eigenvalue weighted by Crippen LogP contribution is 2.36. The average Bonchev–Trinajstić information content (AvgIpc) is 3.10. The van der Waals surface area contributed by atoms with Crippen molar-refractivity contribution in [3.63, 3.8) is 0 Å². The standard InChI is InChI=1S/C21H19ClO7/c1-4-27-21(24)18-14(13-7-5-6-8-16(13)29-18)11-28-20(23)12-9-15(22)19(26-3)17(10-12)25-2/h5-10H,4,11H2,1-3H3. The molecule has 3 rings (SSSR count). The first-order valence-electron chi connectivity index (χ1n) is 8.76. The van der Waals surface area contributed by atoms with Crippen LogP contribution in [0.15, 0.2) is 40.8 Å². The van der Waals surface area contributed by atoms with Gasteiger partial charge in [-0.15, -0.1) is 0 Å². The summed E-state index contributed by atoms with van der Waals surface area (Å²) in [5.41, 5.74) is 1.10. The predicted octanol–water partition coefficient (Wildman–Crippen LogP) is 4.64. The lowest BCUT2D eigenvalue weighted by atomic mass is 10.1. The second-order valence-electron chi connectivity index (χ2n) is 5.90. The first kappa shape index (κ1) is 20.5. The molecule has 0 fully saturated rings. The lowest BCUT2D eigenvalue weighted by Crippen LogP contribution is -2.10. The molecule has 7 nitrogen and oxygen atoms in total. The van der Waals surface area contributed by atoms with E-state index in [0.717, 1.165) is 0 Å². The molecule has 0 N–H and O–H groups in total. The molecule has 0 unspecified atom stereocenters. The van der Waals surface area contributed by atoms with Gasteiger partial charge in [0.25, 0.3) is 0 Å². The molecular formula is C21H19ClO7. The van der Waals surface area contributed by atoms with Gasteiger partial charge < -0.3 is 23.4 Å². The number of benzene rings is 2. The van der Waals surface area contributed by atoms with Crippen LogP contribution in [0.3, 0.4) is 0 Å². The van der Waals surface area contributed by atoms with Crippen LogP contribution in [-0.2, 0) is 16.1 Å². The third-order valence-electron chi connectivity index (χ3n) is 4.18. The zero-order valence-corrected chi connectivity index (χ0v) is 16.9. The predicted molar refractivity (Wildman–Crippen MR) is 106 cm³/mol. The molecule has 0 amide bonds. The van der Waals surface area contributed by atoms with Gasteiger partial charge in [0.15, 0.2) is 11.5 Å². The molecule has 0 spiro atoms. The van der Waals surface area contributed by atoms with E-state index in [9.17, 15) is 9.59 Å². The summed E-state index contributed by atoms with van der Waals surface area (Å²) in [4.78, 5) is 24.8. The molecule has 29 heavy (non-hydrogen) atoms. The summed E-state index contributed by atoms with van der Waals surface area (Å²) >= 11 is 6.15. The topological polar surface area (TPSA) is 84.2 Å². The first-order chi connectivity index (χ1) is 14.0. The Balaban J connectivity index is 1.89. The lowest BCUT2D eigenvalue weighted by Gasteiger charge is -2.11. The Bertz CT molecular complexity index is 1050. The summed E-state index contributed by atoms with van der Waals surface area (Å²) < 4.78 is 26.4. The van der Waals surface area contributed by atoms with Crippen LogP contribution in [0.25, 0.3) is 11.0 Å². The summed E-state index contributed by atoms with van der Waals surface area (Å²) in [6, 6.07) is 9.96. The van der Waals surface area contributed by atoms with Crippen molar-refractivity contribution in [2.45, 2.75) is 13.5 Å². The molecule has 2 aromatic carbocycles. The smallest absolute Gasteiger partial charge is 0.374 e. The average molecular weight is 419 g/mol. The van der Waals surface area contributed by atoms with Crippen molar-refractivity contribution in [3.8, 4) is 11.5 Å². The zero-order valence-electron chi connectivity index (χ0n) is 16.1. The molecule has 0 saturated heterocycles. The van der Waals surface area contributed by atoms with Crippen molar-refractivity contribution in [1.29, 1.82) is 0 Å². The largest absolute Gasteiger partial charge is 0.493 e. The van der Waals surface area contributed by atoms with Gasteiger partial charge in [0.2, 0.25) is 5.76 Å². The van der Waals surface area contributed by atoms with Crippen molar-refractivity contribution in [3.05, 3.63) is 58.3 Å². The van der Waals surface area contributed by atoms with Gasteiger partial charge in [-0.25, -0.2) is 9.59 Å². The van der Waals surface area contributed by atoms with Crippen molar-refractivity contribution in [1.82, 2.24) is 0 Å². The van der Waals surface area contributed by atoms with Gasteiger partial charge >= 0.3 is 11.9 Å². The van der Waals surface area contributed by atoms with Gasteiger partial charge in [-0.2, -0.15) is 0 Å². The Morgan fingerprint density at radius 3 is 2.48 bits per heavy atom. The fourth-order valence-corrected chi connectivity index (χ4v) is 3.15. The summed E-state index contributed by atoms with van der Waals surface area (Å²) in [7, 11) is 2.88. The maximum Gasteiger partial charge on any atom is 0.374 e. The number of methoxy groups -OCH3 is 2. The van der Waals surface area contributed by atoms with E-state index in [-0.39, 0.29) is 29.6 Å². The lowest BCUT2D eigenvalue weighted by molar-refractivity contribution is 0.0435. The number of para-hydroxylation sites is 1. The van der Waals surface area contributed by atoms with E-state index in [2.05, 4.69) is 0 Å². The van der Waals surface area contributed by atoms with Crippen molar-refractivity contribution in [2.24, 2.45) is 0 Å². The van der Waals surface area contributed by atoms with E-state index in [0.29, 0.717) is 28.0 Å². The number of hydrogen-bond donors (Lipinski definition) is 0. The van der Waals surface area contributed by atoms with E-state index in [1.165, 1.54) is 26.4 Å². The van der Waals surface area contributed by atoms with E-state index >= 15 is 0 Å². The summed E-state index contributed by atoms with van der Waals surface area (Å²) in [6.07, 6.45) is 0. The molecule has 0 bridgehead atoms. The van der Waals surface area contributed by atoms with E-state index in [1.807, 2.05) is 0 Å². The van der Waals surface area contributed by atoms with Gasteiger partial charge in [0.05, 0.1) is 37.0 Å².